The number of hydrogen-bond donors (Lipinski definition) is 2. The lowest BCUT2D eigenvalue weighted by Crippen LogP contribution is -2.32. The van der Waals surface area contributed by atoms with E-state index in [1.165, 1.54) is 30.3 Å². The molecular weight excluding hydrogens is 561 g/mol. The number of nitrogens with zero attached hydrogens (tertiary/aromatic N) is 1. The maximum Gasteiger partial charge on any atom is 0.416 e. The minimum atomic E-state index is -4.64. The molecule has 0 spiro atoms. The number of imide groups is 1. The van der Waals surface area contributed by atoms with Gasteiger partial charge in [0.25, 0.3) is 17.7 Å². The van der Waals surface area contributed by atoms with Crippen LogP contribution in [0.4, 0.5) is 34.6 Å². The zero-order valence-corrected chi connectivity index (χ0v) is 20.4. The molecule has 0 bridgehead atoms. The van der Waals surface area contributed by atoms with Crippen LogP contribution < -0.4 is 15.5 Å². The molecule has 37 heavy (non-hydrogen) atoms. The van der Waals surface area contributed by atoms with E-state index in [0.717, 1.165) is 24.3 Å². The molecule has 190 valence electrons. The molecule has 0 aliphatic carbocycles. The summed E-state index contributed by atoms with van der Waals surface area (Å²) in [5.74, 6) is -3.28. The van der Waals surface area contributed by atoms with Gasteiger partial charge in [0.15, 0.2) is 0 Å². The maximum absolute atomic E-state index is 13.5. The highest BCUT2D eigenvalue weighted by Gasteiger charge is 2.39. The molecular formula is C24H12Cl3F4N3O3. The number of hydrogen-bond acceptors (Lipinski definition) is 4. The van der Waals surface area contributed by atoms with Crippen molar-refractivity contribution in [3.05, 3.63) is 98.4 Å². The fourth-order valence-corrected chi connectivity index (χ4v) is 3.90. The molecule has 1 aliphatic rings. The maximum atomic E-state index is 13.5. The van der Waals surface area contributed by atoms with Gasteiger partial charge in [-0.1, -0.05) is 40.9 Å². The lowest BCUT2D eigenvalue weighted by molar-refractivity contribution is -0.137. The van der Waals surface area contributed by atoms with Gasteiger partial charge >= 0.3 is 6.18 Å². The summed E-state index contributed by atoms with van der Waals surface area (Å²) in [5.41, 5.74) is -1.42. The Morgan fingerprint density at radius 1 is 0.865 bits per heavy atom. The topological polar surface area (TPSA) is 78.5 Å². The van der Waals surface area contributed by atoms with E-state index >= 15 is 0 Å². The third-order valence-electron chi connectivity index (χ3n) is 5.12. The van der Waals surface area contributed by atoms with E-state index in [9.17, 15) is 31.9 Å². The first-order valence-corrected chi connectivity index (χ1v) is 11.3. The van der Waals surface area contributed by atoms with Crippen LogP contribution in [-0.4, -0.2) is 17.7 Å². The first-order valence-electron chi connectivity index (χ1n) is 10.2. The summed E-state index contributed by atoms with van der Waals surface area (Å²) in [5, 5.41) is 4.10. The number of rotatable bonds is 5. The van der Waals surface area contributed by atoms with E-state index in [2.05, 4.69) is 10.6 Å². The predicted molar refractivity (Wildman–Crippen MR) is 131 cm³/mol. The van der Waals surface area contributed by atoms with Crippen LogP contribution in [0.25, 0.3) is 0 Å². The van der Waals surface area contributed by atoms with Crippen LogP contribution in [0, 0.1) is 5.82 Å². The largest absolute Gasteiger partial charge is 0.416 e. The quantitative estimate of drug-likeness (QED) is 0.259. The molecule has 4 rings (SSSR count). The van der Waals surface area contributed by atoms with E-state index < -0.39 is 40.3 Å². The summed E-state index contributed by atoms with van der Waals surface area (Å²) in [6.07, 6.45) is -4.64. The number of benzene rings is 3. The monoisotopic (exact) mass is 571 g/mol. The summed E-state index contributed by atoms with van der Waals surface area (Å²) in [4.78, 5) is 38.9. The highest BCUT2D eigenvalue weighted by atomic mass is 35.5. The zero-order chi connectivity index (χ0) is 27.1. The molecule has 2 N–H and O–H groups in total. The van der Waals surface area contributed by atoms with Crippen LogP contribution in [0.2, 0.25) is 10.0 Å². The number of amides is 3. The lowest BCUT2D eigenvalue weighted by atomic mass is 10.1. The molecule has 0 atom stereocenters. The molecule has 3 aromatic rings. The molecule has 3 amide bonds. The summed E-state index contributed by atoms with van der Waals surface area (Å²) in [7, 11) is 0. The predicted octanol–water partition coefficient (Wildman–Crippen LogP) is 6.84. The molecule has 6 nitrogen and oxygen atoms in total. The van der Waals surface area contributed by atoms with Crippen molar-refractivity contribution in [2.24, 2.45) is 0 Å². The van der Waals surface area contributed by atoms with Gasteiger partial charge < -0.3 is 10.6 Å². The molecule has 0 saturated carbocycles. The van der Waals surface area contributed by atoms with Gasteiger partial charge in [0.05, 0.1) is 27.0 Å². The van der Waals surface area contributed by atoms with E-state index in [1.54, 1.807) is 0 Å². The van der Waals surface area contributed by atoms with Gasteiger partial charge in [0.2, 0.25) is 0 Å². The van der Waals surface area contributed by atoms with Crippen LogP contribution in [0.3, 0.4) is 0 Å². The number of nitrogens with one attached hydrogen (secondary N) is 2. The van der Waals surface area contributed by atoms with Gasteiger partial charge in [-0.25, -0.2) is 9.29 Å². The van der Waals surface area contributed by atoms with Crippen molar-refractivity contribution in [1.82, 2.24) is 0 Å². The van der Waals surface area contributed by atoms with Crippen LogP contribution in [-0.2, 0) is 15.8 Å². The highest BCUT2D eigenvalue weighted by molar-refractivity contribution is 6.53. The third kappa shape index (κ3) is 5.41. The summed E-state index contributed by atoms with van der Waals surface area (Å²) >= 11 is 17.8. The summed E-state index contributed by atoms with van der Waals surface area (Å²) in [6, 6.07) is 11.3. The van der Waals surface area contributed by atoms with Crippen LogP contribution in [0.1, 0.15) is 15.9 Å². The van der Waals surface area contributed by atoms with Crippen LogP contribution >= 0.6 is 34.8 Å². The number of anilines is 3. The Morgan fingerprint density at radius 2 is 1.59 bits per heavy atom. The van der Waals surface area contributed by atoms with Crippen molar-refractivity contribution in [3.8, 4) is 0 Å². The second kappa shape index (κ2) is 10.0. The summed E-state index contributed by atoms with van der Waals surface area (Å²) < 4.78 is 52.5. The summed E-state index contributed by atoms with van der Waals surface area (Å²) in [6.45, 7) is 0. The van der Waals surface area contributed by atoms with Crippen molar-refractivity contribution in [1.29, 1.82) is 0 Å². The third-order valence-corrected chi connectivity index (χ3v) is 6.09. The molecule has 0 aromatic heterocycles. The van der Waals surface area contributed by atoms with Gasteiger partial charge in [0, 0.05) is 11.3 Å². The molecule has 1 aliphatic heterocycles. The fourth-order valence-electron chi connectivity index (χ4n) is 3.34. The standard InChI is InChI=1S/C24H12Cl3F4N3O3/c25-15-6-4-12(24(29,30)31)9-18(15)33-21(35)11-2-1-3-13(8-11)32-20-19(27)22(36)34(23(20)37)14-5-7-17(28)16(26)10-14/h1-10,32H,(H,33,35). The lowest BCUT2D eigenvalue weighted by Gasteiger charge is -2.16. The molecule has 0 saturated heterocycles. The average molecular weight is 573 g/mol. The number of carbonyl (C=O) groups is 3. The molecule has 0 unspecified atom stereocenters. The average Bonchev–Trinajstić information content (AvgIpc) is 3.04. The highest BCUT2D eigenvalue weighted by Crippen LogP contribution is 2.35. The SMILES string of the molecule is O=C(Nc1cc(C(F)(F)F)ccc1Cl)c1cccc(NC2=C(Cl)C(=O)N(c3ccc(F)c(Cl)c3)C2=O)c1. The Kier molecular flexibility index (Phi) is 7.18. The Labute approximate surface area is 221 Å². The Balaban J connectivity index is 1.55. The molecule has 0 fully saturated rings. The molecule has 3 aromatic carbocycles. The molecule has 13 heteroatoms. The van der Waals surface area contributed by atoms with Gasteiger partial charge in [-0.05, 0) is 54.6 Å². The smallest absolute Gasteiger partial charge is 0.350 e. The van der Waals surface area contributed by atoms with E-state index in [4.69, 9.17) is 34.8 Å². The van der Waals surface area contributed by atoms with E-state index in [-0.39, 0.29) is 38.4 Å². The number of alkyl halides is 3. The normalized spacial score (nSPS) is 13.9. The van der Waals surface area contributed by atoms with Gasteiger partial charge in [-0.2, -0.15) is 13.2 Å². The first-order chi connectivity index (χ1) is 17.4. The fraction of sp³-hybridized carbons (Fsp3) is 0.0417. The van der Waals surface area contributed by atoms with Crippen molar-refractivity contribution in [2.75, 3.05) is 15.5 Å². The van der Waals surface area contributed by atoms with Crippen LogP contribution in [0.15, 0.2) is 71.4 Å². The number of carbonyl (C=O) groups excluding carboxylic acids is 3. The minimum absolute atomic E-state index is 0.00542. The number of halogens is 7. The van der Waals surface area contributed by atoms with Gasteiger partial charge in [-0.15, -0.1) is 0 Å². The Morgan fingerprint density at radius 3 is 2.27 bits per heavy atom. The van der Waals surface area contributed by atoms with Gasteiger partial charge in [0.1, 0.15) is 16.5 Å². The second-order valence-electron chi connectivity index (χ2n) is 7.59. The van der Waals surface area contributed by atoms with Crippen molar-refractivity contribution >= 4 is 69.6 Å². The van der Waals surface area contributed by atoms with Crippen molar-refractivity contribution < 1.29 is 31.9 Å². The Hall–Kier alpha value is -3.60. The van der Waals surface area contributed by atoms with Crippen molar-refractivity contribution in [2.45, 2.75) is 6.18 Å². The Bertz CT molecular complexity index is 1490. The minimum Gasteiger partial charge on any atom is -0.350 e. The van der Waals surface area contributed by atoms with E-state index in [1.807, 2.05) is 0 Å². The van der Waals surface area contributed by atoms with E-state index in [0.29, 0.717) is 11.0 Å². The molecule has 1 heterocycles. The van der Waals surface area contributed by atoms with Crippen molar-refractivity contribution in [3.63, 3.8) is 0 Å². The van der Waals surface area contributed by atoms with Gasteiger partial charge in [-0.3, -0.25) is 14.4 Å². The first kappa shape index (κ1) is 26.5. The molecule has 0 radical (unpaired) electrons. The zero-order valence-electron chi connectivity index (χ0n) is 18.1. The van der Waals surface area contributed by atoms with Crippen LogP contribution in [0.5, 0.6) is 0 Å². The second-order valence-corrected chi connectivity index (χ2v) is 8.78.